The van der Waals surface area contributed by atoms with Gasteiger partial charge in [0.25, 0.3) is 5.91 Å². The van der Waals surface area contributed by atoms with Crippen molar-refractivity contribution in [2.45, 2.75) is 32.8 Å². The third kappa shape index (κ3) is 5.79. The Morgan fingerprint density at radius 2 is 1.93 bits per heavy atom. The van der Waals surface area contributed by atoms with Crippen LogP contribution in [0.15, 0.2) is 42.5 Å². The molecule has 1 aliphatic rings. The van der Waals surface area contributed by atoms with Crippen molar-refractivity contribution in [3.63, 3.8) is 0 Å². The fourth-order valence-electron chi connectivity index (χ4n) is 3.17. The Labute approximate surface area is 177 Å². The molecule has 30 heavy (non-hydrogen) atoms. The summed E-state index contributed by atoms with van der Waals surface area (Å²) >= 11 is 0. The monoisotopic (exact) mass is 414 g/mol. The fourth-order valence-corrected chi connectivity index (χ4v) is 3.17. The molecule has 1 atom stereocenters. The van der Waals surface area contributed by atoms with E-state index in [2.05, 4.69) is 24.1 Å². The Morgan fingerprint density at radius 1 is 1.17 bits per heavy atom. The molecule has 1 amide bonds. The van der Waals surface area contributed by atoms with Crippen LogP contribution in [0.3, 0.4) is 0 Å². The topological polar surface area (TPSA) is 80.3 Å². The largest absolute Gasteiger partial charge is 0.491 e. The number of benzene rings is 2. The highest BCUT2D eigenvalue weighted by molar-refractivity contribution is 5.94. The van der Waals surface area contributed by atoms with E-state index in [-0.39, 0.29) is 25.9 Å². The minimum absolute atomic E-state index is 0.0573. The zero-order chi connectivity index (χ0) is 21.3. The molecule has 0 bridgehead atoms. The van der Waals surface area contributed by atoms with Crippen LogP contribution in [0, 0.1) is 0 Å². The molecule has 0 radical (unpaired) electrons. The van der Waals surface area contributed by atoms with Crippen LogP contribution in [0.25, 0.3) is 0 Å². The maximum absolute atomic E-state index is 12.4. The van der Waals surface area contributed by atoms with Crippen LogP contribution in [-0.2, 0) is 0 Å². The number of anilines is 1. The number of carbonyl (C=O) groups is 1. The second-order valence-electron chi connectivity index (χ2n) is 7.17. The molecule has 0 aliphatic carbocycles. The Morgan fingerprint density at radius 3 is 2.67 bits per heavy atom. The second-order valence-corrected chi connectivity index (χ2v) is 7.17. The predicted molar refractivity (Wildman–Crippen MR) is 116 cm³/mol. The molecular weight excluding hydrogens is 384 g/mol. The Bertz CT molecular complexity index is 825. The lowest BCUT2D eigenvalue weighted by molar-refractivity contribution is 0.0843. The number of hydrogen-bond acceptors (Lipinski definition) is 6. The molecule has 1 unspecified atom stereocenters. The van der Waals surface area contributed by atoms with E-state index in [0.29, 0.717) is 22.8 Å². The molecule has 2 aromatic carbocycles. The summed E-state index contributed by atoms with van der Waals surface area (Å²) in [5.74, 6) is 1.65. The fraction of sp³-hybridized carbons (Fsp3) is 0.435. The summed E-state index contributed by atoms with van der Waals surface area (Å²) in [6.07, 6.45) is 1.46. The van der Waals surface area contributed by atoms with Crippen LogP contribution < -0.4 is 24.4 Å². The van der Waals surface area contributed by atoms with Crippen molar-refractivity contribution in [1.82, 2.24) is 5.32 Å². The van der Waals surface area contributed by atoms with Gasteiger partial charge in [0.1, 0.15) is 18.5 Å². The molecule has 7 nitrogen and oxygen atoms in total. The summed E-state index contributed by atoms with van der Waals surface area (Å²) in [6, 6.07) is 12.8. The summed E-state index contributed by atoms with van der Waals surface area (Å²) in [6.45, 7) is 6.60. The van der Waals surface area contributed by atoms with Crippen molar-refractivity contribution in [2.24, 2.45) is 0 Å². The van der Waals surface area contributed by atoms with Gasteiger partial charge in [-0.15, -0.1) is 0 Å². The van der Waals surface area contributed by atoms with E-state index in [1.165, 1.54) is 0 Å². The molecule has 0 saturated heterocycles. The highest BCUT2D eigenvalue weighted by atomic mass is 16.7. The van der Waals surface area contributed by atoms with Crippen LogP contribution in [0.1, 0.15) is 37.0 Å². The first-order valence-corrected chi connectivity index (χ1v) is 10.4. The maximum atomic E-state index is 12.4. The van der Waals surface area contributed by atoms with Crippen molar-refractivity contribution in [2.75, 3.05) is 37.9 Å². The number of fused-ring (bicyclic) bond motifs is 1. The van der Waals surface area contributed by atoms with Crippen LogP contribution in [0.2, 0.25) is 0 Å². The van der Waals surface area contributed by atoms with Crippen LogP contribution >= 0.6 is 0 Å². The summed E-state index contributed by atoms with van der Waals surface area (Å²) in [7, 11) is 0. The third-order valence-corrected chi connectivity index (χ3v) is 4.94. The minimum Gasteiger partial charge on any atom is -0.491 e. The average molecular weight is 415 g/mol. The Kier molecular flexibility index (Phi) is 7.79. The van der Waals surface area contributed by atoms with Gasteiger partial charge in [-0.3, -0.25) is 4.79 Å². The number of aliphatic hydroxyl groups excluding tert-OH is 1. The van der Waals surface area contributed by atoms with Crippen molar-refractivity contribution in [1.29, 1.82) is 0 Å². The number of unbranched alkanes of at least 4 members (excludes halogenated alkanes) is 1. The molecule has 0 spiro atoms. The molecule has 1 heterocycles. The van der Waals surface area contributed by atoms with Crippen LogP contribution in [0.4, 0.5) is 5.69 Å². The van der Waals surface area contributed by atoms with Crippen LogP contribution in [0.5, 0.6) is 17.2 Å². The smallest absolute Gasteiger partial charge is 0.251 e. The molecule has 3 rings (SSSR count). The quantitative estimate of drug-likeness (QED) is 0.588. The Hall–Kier alpha value is -2.93. The minimum atomic E-state index is -0.830. The van der Waals surface area contributed by atoms with Gasteiger partial charge in [-0.05, 0) is 49.7 Å². The van der Waals surface area contributed by atoms with Gasteiger partial charge in [0, 0.05) is 37.0 Å². The summed E-state index contributed by atoms with van der Waals surface area (Å²) in [4.78, 5) is 14.7. The van der Waals surface area contributed by atoms with E-state index < -0.39 is 6.10 Å². The van der Waals surface area contributed by atoms with Gasteiger partial charge >= 0.3 is 0 Å². The molecule has 2 aromatic rings. The third-order valence-electron chi connectivity index (χ3n) is 4.94. The molecule has 0 aromatic heterocycles. The molecule has 0 fully saturated rings. The van der Waals surface area contributed by atoms with E-state index in [9.17, 15) is 9.90 Å². The first kappa shape index (κ1) is 21.8. The highest BCUT2D eigenvalue weighted by Crippen LogP contribution is 2.35. The van der Waals surface area contributed by atoms with E-state index in [1.54, 1.807) is 18.2 Å². The van der Waals surface area contributed by atoms with Crippen molar-refractivity contribution < 1.29 is 24.1 Å². The first-order chi connectivity index (χ1) is 14.6. The molecule has 1 aliphatic heterocycles. The van der Waals surface area contributed by atoms with Gasteiger partial charge < -0.3 is 29.5 Å². The van der Waals surface area contributed by atoms with E-state index in [1.807, 2.05) is 24.3 Å². The van der Waals surface area contributed by atoms with Crippen molar-refractivity contribution in [3.05, 3.63) is 48.0 Å². The number of hydrogen-bond donors (Lipinski definition) is 2. The van der Waals surface area contributed by atoms with E-state index >= 15 is 0 Å². The van der Waals surface area contributed by atoms with Gasteiger partial charge in [-0.1, -0.05) is 13.3 Å². The maximum Gasteiger partial charge on any atom is 0.251 e. The number of ether oxygens (including phenoxy) is 3. The van der Waals surface area contributed by atoms with Crippen LogP contribution in [-0.4, -0.2) is 50.2 Å². The number of nitrogens with zero attached hydrogens (tertiary/aromatic N) is 1. The molecule has 0 saturated carbocycles. The number of rotatable bonds is 11. The normalized spacial score (nSPS) is 13.0. The van der Waals surface area contributed by atoms with Gasteiger partial charge in [0.2, 0.25) is 6.79 Å². The van der Waals surface area contributed by atoms with Crippen molar-refractivity contribution >= 4 is 11.6 Å². The highest BCUT2D eigenvalue weighted by Gasteiger charge is 2.15. The van der Waals surface area contributed by atoms with E-state index in [0.717, 1.165) is 31.6 Å². The second kappa shape index (κ2) is 10.7. The van der Waals surface area contributed by atoms with Crippen molar-refractivity contribution in [3.8, 4) is 17.2 Å². The van der Waals surface area contributed by atoms with Gasteiger partial charge in [-0.25, -0.2) is 0 Å². The zero-order valence-corrected chi connectivity index (χ0v) is 17.6. The average Bonchev–Trinajstić information content (AvgIpc) is 3.25. The SMILES string of the molecule is CCCCN(CC)c1ccc(C(=O)NCC(O)COc2ccc3c(c2)OCO3)cc1. The number of aliphatic hydroxyl groups is 1. The van der Waals surface area contributed by atoms with Gasteiger partial charge in [-0.2, -0.15) is 0 Å². The molecule has 162 valence electrons. The predicted octanol–water partition coefficient (Wildman–Crippen LogP) is 3.21. The lowest BCUT2D eigenvalue weighted by Gasteiger charge is -2.23. The molecule has 7 heteroatoms. The lowest BCUT2D eigenvalue weighted by atomic mass is 10.1. The van der Waals surface area contributed by atoms with E-state index in [4.69, 9.17) is 14.2 Å². The number of nitrogens with one attached hydrogen (secondary N) is 1. The summed E-state index contributed by atoms with van der Waals surface area (Å²) in [5.41, 5.74) is 1.67. The molecule has 2 N–H and O–H groups in total. The first-order valence-electron chi connectivity index (χ1n) is 10.4. The Balaban J connectivity index is 1.44. The van der Waals surface area contributed by atoms with Gasteiger partial charge in [0.15, 0.2) is 11.5 Å². The standard InChI is InChI=1S/C23H30N2O5/c1-3-5-12-25(4-2)18-8-6-17(7-9-18)23(27)24-14-19(26)15-28-20-10-11-21-22(13-20)30-16-29-21/h6-11,13,19,26H,3-5,12,14-16H2,1-2H3,(H,24,27). The lowest BCUT2D eigenvalue weighted by Crippen LogP contribution is -2.35. The summed E-state index contributed by atoms with van der Waals surface area (Å²) < 4.78 is 16.1. The number of amides is 1. The number of carbonyl (C=O) groups excluding carboxylic acids is 1. The van der Waals surface area contributed by atoms with Gasteiger partial charge in [0.05, 0.1) is 0 Å². The zero-order valence-electron chi connectivity index (χ0n) is 17.6. The summed E-state index contributed by atoms with van der Waals surface area (Å²) in [5, 5.41) is 12.9. The molecular formula is C23H30N2O5.